The van der Waals surface area contributed by atoms with Crippen LogP contribution in [0, 0.1) is 0 Å². The molecule has 3 aromatic rings. The van der Waals surface area contributed by atoms with Crippen LogP contribution in [0.1, 0.15) is 24.5 Å². The minimum absolute atomic E-state index is 0.190. The number of aromatic nitrogens is 6. The maximum atomic E-state index is 6.23. The Hall–Kier alpha value is -1.66. The highest BCUT2D eigenvalue weighted by atomic mass is 35.5. The van der Waals surface area contributed by atoms with Gasteiger partial charge in [-0.3, -0.25) is 4.68 Å². The van der Waals surface area contributed by atoms with Gasteiger partial charge in [-0.1, -0.05) is 16.8 Å². The first-order valence-corrected chi connectivity index (χ1v) is 7.46. The van der Waals surface area contributed by atoms with Gasteiger partial charge in [0, 0.05) is 25.5 Å². The monoisotopic (exact) mass is 324 g/mol. The molecule has 0 aliphatic rings. The fourth-order valence-electron chi connectivity index (χ4n) is 2.27. The molecule has 6 nitrogen and oxygen atoms in total. The van der Waals surface area contributed by atoms with Gasteiger partial charge in [0.1, 0.15) is 11.3 Å². The molecule has 0 bridgehead atoms. The van der Waals surface area contributed by atoms with E-state index in [1.54, 1.807) is 23.1 Å². The molecule has 0 N–H and O–H groups in total. The second-order valence-electron chi connectivity index (χ2n) is 4.75. The summed E-state index contributed by atoms with van der Waals surface area (Å²) in [5.41, 5.74) is 1.58. The van der Waals surface area contributed by atoms with Crippen LogP contribution in [0.5, 0.6) is 0 Å². The SMILES string of the molecule is CC(Cl)c1nc2cc(Cl)cnc2n1CCCn1ccnn1. The third-order valence-electron chi connectivity index (χ3n) is 3.18. The van der Waals surface area contributed by atoms with E-state index in [-0.39, 0.29) is 5.38 Å². The molecule has 0 amide bonds. The summed E-state index contributed by atoms with van der Waals surface area (Å²) in [5, 5.41) is 8.12. The molecule has 0 aliphatic carbocycles. The number of rotatable bonds is 5. The molecule has 3 aromatic heterocycles. The summed E-state index contributed by atoms with van der Waals surface area (Å²) in [7, 11) is 0. The van der Waals surface area contributed by atoms with Crippen LogP contribution in [0.25, 0.3) is 11.2 Å². The van der Waals surface area contributed by atoms with Gasteiger partial charge in [-0.15, -0.1) is 16.7 Å². The van der Waals surface area contributed by atoms with Gasteiger partial charge in [0.15, 0.2) is 5.65 Å². The molecule has 3 rings (SSSR count). The maximum absolute atomic E-state index is 6.23. The maximum Gasteiger partial charge on any atom is 0.160 e. The Bertz CT molecular complexity index is 735. The van der Waals surface area contributed by atoms with Crippen molar-refractivity contribution in [1.29, 1.82) is 0 Å². The minimum atomic E-state index is -0.190. The van der Waals surface area contributed by atoms with Crippen molar-refractivity contribution in [3.05, 3.63) is 35.5 Å². The summed E-state index contributed by atoms with van der Waals surface area (Å²) < 4.78 is 3.84. The van der Waals surface area contributed by atoms with Crippen molar-refractivity contribution in [2.45, 2.75) is 31.8 Å². The summed E-state index contributed by atoms with van der Waals surface area (Å²) in [5.74, 6) is 0.806. The summed E-state index contributed by atoms with van der Waals surface area (Å²) in [6.07, 6.45) is 6.02. The van der Waals surface area contributed by atoms with E-state index in [2.05, 4.69) is 20.3 Å². The van der Waals surface area contributed by atoms with Crippen molar-refractivity contribution in [2.24, 2.45) is 0 Å². The highest BCUT2D eigenvalue weighted by molar-refractivity contribution is 6.31. The zero-order chi connectivity index (χ0) is 14.8. The van der Waals surface area contributed by atoms with Gasteiger partial charge in [-0.2, -0.15) is 0 Å². The predicted molar refractivity (Wildman–Crippen MR) is 81.4 cm³/mol. The highest BCUT2D eigenvalue weighted by Crippen LogP contribution is 2.25. The molecule has 0 aromatic carbocycles. The van der Waals surface area contributed by atoms with Crippen LogP contribution in [0.2, 0.25) is 5.02 Å². The number of imidazole rings is 1. The molecule has 1 unspecified atom stereocenters. The molecule has 0 saturated carbocycles. The second-order valence-corrected chi connectivity index (χ2v) is 5.84. The van der Waals surface area contributed by atoms with Crippen LogP contribution in [-0.4, -0.2) is 29.5 Å². The minimum Gasteiger partial charge on any atom is -0.311 e. The van der Waals surface area contributed by atoms with E-state index >= 15 is 0 Å². The van der Waals surface area contributed by atoms with Gasteiger partial charge in [0.25, 0.3) is 0 Å². The Labute approximate surface area is 131 Å². The Balaban J connectivity index is 1.86. The van der Waals surface area contributed by atoms with Gasteiger partial charge in [0.2, 0.25) is 0 Å². The number of pyridine rings is 1. The molecule has 3 heterocycles. The van der Waals surface area contributed by atoms with Crippen LogP contribution in [0.4, 0.5) is 0 Å². The fourth-order valence-corrected chi connectivity index (χ4v) is 2.59. The number of alkyl halides is 1. The van der Waals surface area contributed by atoms with Crippen molar-refractivity contribution in [1.82, 2.24) is 29.5 Å². The highest BCUT2D eigenvalue weighted by Gasteiger charge is 2.16. The average Bonchev–Trinajstić information content (AvgIpc) is 3.06. The lowest BCUT2D eigenvalue weighted by Crippen LogP contribution is -2.08. The Morgan fingerprint density at radius 3 is 2.90 bits per heavy atom. The van der Waals surface area contributed by atoms with Crippen LogP contribution in [0.15, 0.2) is 24.7 Å². The first-order valence-electron chi connectivity index (χ1n) is 6.65. The zero-order valence-electron chi connectivity index (χ0n) is 11.4. The molecule has 110 valence electrons. The first-order chi connectivity index (χ1) is 10.1. The largest absolute Gasteiger partial charge is 0.311 e. The van der Waals surface area contributed by atoms with Crippen molar-refractivity contribution in [3.63, 3.8) is 0 Å². The van der Waals surface area contributed by atoms with E-state index in [1.807, 2.05) is 17.7 Å². The lowest BCUT2D eigenvalue weighted by Gasteiger charge is -2.09. The molecule has 0 aliphatic heterocycles. The zero-order valence-corrected chi connectivity index (χ0v) is 13.0. The number of aryl methyl sites for hydroxylation is 2. The molecule has 0 saturated heterocycles. The van der Waals surface area contributed by atoms with E-state index in [1.165, 1.54) is 0 Å². The Morgan fingerprint density at radius 1 is 1.33 bits per heavy atom. The molecule has 8 heteroatoms. The quantitative estimate of drug-likeness (QED) is 0.677. The molecule has 21 heavy (non-hydrogen) atoms. The molecule has 0 radical (unpaired) electrons. The summed E-state index contributed by atoms with van der Waals surface area (Å²) in [6, 6.07) is 1.81. The lowest BCUT2D eigenvalue weighted by atomic mass is 10.3. The van der Waals surface area contributed by atoms with Gasteiger partial charge >= 0.3 is 0 Å². The molecular formula is C13H14Cl2N6. The number of nitrogens with zero attached hydrogens (tertiary/aromatic N) is 6. The molecular weight excluding hydrogens is 311 g/mol. The van der Waals surface area contributed by atoms with Gasteiger partial charge in [-0.05, 0) is 19.4 Å². The van der Waals surface area contributed by atoms with E-state index in [4.69, 9.17) is 23.2 Å². The number of halogens is 2. The molecule has 0 fully saturated rings. The lowest BCUT2D eigenvalue weighted by molar-refractivity contribution is 0.510. The van der Waals surface area contributed by atoms with Crippen molar-refractivity contribution in [2.75, 3.05) is 0 Å². The number of fused-ring (bicyclic) bond motifs is 1. The van der Waals surface area contributed by atoms with Crippen LogP contribution in [-0.2, 0) is 13.1 Å². The van der Waals surface area contributed by atoms with Crippen LogP contribution >= 0.6 is 23.2 Å². The van der Waals surface area contributed by atoms with Crippen LogP contribution in [0.3, 0.4) is 0 Å². The van der Waals surface area contributed by atoms with Crippen molar-refractivity contribution >= 4 is 34.4 Å². The summed E-state index contributed by atoms with van der Waals surface area (Å²) in [6.45, 7) is 3.44. The third-order valence-corrected chi connectivity index (χ3v) is 3.58. The van der Waals surface area contributed by atoms with Gasteiger partial charge in [0.05, 0.1) is 16.6 Å². The molecule has 0 spiro atoms. The number of hydrogen-bond acceptors (Lipinski definition) is 4. The Morgan fingerprint density at radius 2 is 2.19 bits per heavy atom. The van der Waals surface area contributed by atoms with E-state index in [0.29, 0.717) is 5.02 Å². The Kier molecular flexibility index (Phi) is 4.07. The third kappa shape index (κ3) is 3.01. The van der Waals surface area contributed by atoms with E-state index in [0.717, 1.165) is 36.5 Å². The fraction of sp³-hybridized carbons (Fsp3) is 0.385. The summed E-state index contributed by atoms with van der Waals surface area (Å²) >= 11 is 12.2. The number of hydrogen-bond donors (Lipinski definition) is 0. The van der Waals surface area contributed by atoms with E-state index < -0.39 is 0 Å². The van der Waals surface area contributed by atoms with Gasteiger partial charge < -0.3 is 4.57 Å². The average molecular weight is 325 g/mol. The normalized spacial score (nSPS) is 12.9. The standard InChI is InChI=1S/C13H14Cl2N6/c1-9(14)12-18-11-7-10(15)8-16-13(11)21(12)5-2-4-20-6-3-17-19-20/h3,6-9H,2,4-5H2,1H3. The van der Waals surface area contributed by atoms with Crippen molar-refractivity contribution in [3.8, 4) is 0 Å². The molecule has 1 atom stereocenters. The summed E-state index contributed by atoms with van der Waals surface area (Å²) in [4.78, 5) is 8.91. The smallest absolute Gasteiger partial charge is 0.160 e. The predicted octanol–water partition coefficient (Wildman–Crippen LogP) is 3.07. The first kappa shape index (κ1) is 14.3. The topological polar surface area (TPSA) is 61.4 Å². The van der Waals surface area contributed by atoms with E-state index in [9.17, 15) is 0 Å². The van der Waals surface area contributed by atoms with Gasteiger partial charge in [-0.25, -0.2) is 9.97 Å². The van der Waals surface area contributed by atoms with Crippen molar-refractivity contribution < 1.29 is 0 Å². The van der Waals surface area contributed by atoms with Crippen LogP contribution < -0.4 is 0 Å². The second kappa shape index (κ2) is 5.99.